The minimum absolute atomic E-state index is 0.298. The minimum Gasteiger partial charge on any atom is -0.445 e. The highest BCUT2D eigenvalue weighted by Crippen LogP contribution is 2.26. The van der Waals surface area contributed by atoms with Gasteiger partial charge >= 0.3 is 6.09 Å². The number of alkyl halides is 3. The van der Waals surface area contributed by atoms with Gasteiger partial charge in [-0.25, -0.2) is 4.79 Å². The van der Waals surface area contributed by atoms with E-state index in [4.69, 9.17) is 45.3 Å². The van der Waals surface area contributed by atoms with Crippen LogP contribution in [0.15, 0.2) is 54.6 Å². The van der Waals surface area contributed by atoms with Crippen molar-refractivity contribution in [3.63, 3.8) is 0 Å². The molecule has 0 saturated carbocycles. The summed E-state index contributed by atoms with van der Waals surface area (Å²) in [5, 5.41) is 2.57. The minimum atomic E-state index is -1.60. The van der Waals surface area contributed by atoms with Crippen molar-refractivity contribution in [3.8, 4) is 0 Å². The molecular weight excluding hydrogens is 383 g/mol. The van der Waals surface area contributed by atoms with Crippen LogP contribution in [0, 0.1) is 0 Å². The zero-order valence-electron chi connectivity index (χ0n) is 14.0. The molecular formula is C18H21Cl3N2O2. The molecule has 2 aromatic rings. The average Bonchev–Trinajstić information content (AvgIpc) is 2.54. The van der Waals surface area contributed by atoms with Crippen LogP contribution in [-0.4, -0.2) is 16.5 Å². The Morgan fingerprint density at radius 1 is 1.12 bits per heavy atom. The number of nitrogens with two attached hydrogens (primary N) is 1. The van der Waals surface area contributed by atoms with Crippen molar-refractivity contribution >= 4 is 52.3 Å². The van der Waals surface area contributed by atoms with Gasteiger partial charge in [0.25, 0.3) is 0 Å². The zero-order chi connectivity index (χ0) is 18.9. The first-order valence-electron chi connectivity index (χ1n) is 7.58. The molecule has 3 N–H and O–H groups in total. The fraction of sp³-hybridized carbons (Fsp3) is 0.278. The lowest BCUT2D eigenvalue weighted by molar-refractivity contribution is 0.164. The monoisotopic (exact) mass is 402 g/mol. The summed E-state index contributed by atoms with van der Waals surface area (Å²) in [4.78, 5) is 11.4. The largest absolute Gasteiger partial charge is 0.445 e. The third kappa shape index (κ3) is 10.1. The van der Waals surface area contributed by atoms with Gasteiger partial charge in [-0.3, -0.25) is 5.32 Å². The Bertz CT molecular complexity index is 659. The van der Waals surface area contributed by atoms with Crippen molar-refractivity contribution < 1.29 is 9.53 Å². The molecule has 0 fully saturated rings. The van der Waals surface area contributed by atoms with Crippen LogP contribution in [0.25, 0.3) is 0 Å². The third-order valence-corrected chi connectivity index (χ3v) is 3.29. The number of halogens is 3. The first-order valence-corrected chi connectivity index (χ1v) is 8.72. The van der Waals surface area contributed by atoms with E-state index in [2.05, 4.69) is 19.2 Å². The Labute approximate surface area is 163 Å². The summed E-state index contributed by atoms with van der Waals surface area (Å²) in [6.45, 7) is 3.84. The molecule has 0 heterocycles. The second-order valence-corrected chi connectivity index (χ2v) is 8.02. The van der Waals surface area contributed by atoms with E-state index in [1.54, 1.807) is 6.07 Å². The summed E-state index contributed by atoms with van der Waals surface area (Å²) < 4.78 is 3.16. The molecule has 4 nitrogen and oxygen atoms in total. The molecule has 0 aromatic heterocycles. The van der Waals surface area contributed by atoms with Gasteiger partial charge in [-0.2, -0.15) is 0 Å². The molecule has 0 aliphatic carbocycles. The van der Waals surface area contributed by atoms with Crippen LogP contribution in [-0.2, 0) is 4.74 Å². The highest BCUT2D eigenvalue weighted by Gasteiger charge is 2.22. The number of benzene rings is 2. The summed E-state index contributed by atoms with van der Waals surface area (Å²) in [7, 11) is 0. The Kier molecular flexibility index (Phi) is 8.90. The lowest BCUT2D eigenvalue weighted by Gasteiger charge is -2.13. The maximum absolute atomic E-state index is 11.4. The number of anilines is 2. The molecule has 136 valence electrons. The molecule has 25 heavy (non-hydrogen) atoms. The summed E-state index contributed by atoms with van der Waals surface area (Å²) >= 11 is 16.4. The molecule has 0 aliphatic rings. The fourth-order valence-electron chi connectivity index (χ4n) is 1.73. The number of para-hydroxylation sites is 1. The van der Waals surface area contributed by atoms with Crippen molar-refractivity contribution in [2.24, 2.45) is 0 Å². The summed E-state index contributed by atoms with van der Waals surface area (Å²) in [5.74, 6) is 0.379. The van der Waals surface area contributed by atoms with Gasteiger partial charge in [-0.05, 0) is 35.7 Å². The topological polar surface area (TPSA) is 64.3 Å². The van der Waals surface area contributed by atoms with Crippen LogP contribution in [0.3, 0.4) is 0 Å². The molecule has 7 heteroatoms. The zero-order valence-corrected chi connectivity index (χ0v) is 16.3. The van der Waals surface area contributed by atoms with E-state index in [0.717, 1.165) is 11.3 Å². The molecule has 2 rings (SSSR count). The highest BCUT2D eigenvalue weighted by atomic mass is 35.6. The van der Waals surface area contributed by atoms with Crippen molar-refractivity contribution in [2.75, 3.05) is 17.7 Å². The quantitative estimate of drug-likeness (QED) is 0.488. The average molecular weight is 404 g/mol. The molecule has 0 radical (unpaired) electrons. The number of rotatable bonds is 3. The Morgan fingerprint density at radius 2 is 1.76 bits per heavy atom. The summed E-state index contributed by atoms with van der Waals surface area (Å²) in [6, 6.07) is 17.0. The molecule has 1 amide bonds. The van der Waals surface area contributed by atoms with Crippen molar-refractivity contribution in [2.45, 2.75) is 23.6 Å². The number of hydrogen-bond acceptors (Lipinski definition) is 3. The number of ether oxygens (including phenoxy) is 1. The number of carbonyl (C=O) groups is 1. The van der Waals surface area contributed by atoms with E-state index in [1.807, 2.05) is 48.5 Å². The molecule has 0 aliphatic heterocycles. The van der Waals surface area contributed by atoms with Gasteiger partial charge in [0.05, 0.1) is 0 Å². The first kappa shape index (κ1) is 21.4. The van der Waals surface area contributed by atoms with E-state index in [9.17, 15) is 4.79 Å². The van der Waals surface area contributed by atoms with Gasteiger partial charge in [0, 0.05) is 11.4 Å². The molecule has 0 saturated heterocycles. The Balaban J connectivity index is 0.000000370. The lowest BCUT2D eigenvalue weighted by atomic mass is 10.0. The second-order valence-electron chi connectivity index (χ2n) is 5.51. The van der Waals surface area contributed by atoms with Gasteiger partial charge in [0.15, 0.2) is 0 Å². The van der Waals surface area contributed by atoms with E-state index in [-0.39, 0.29) is 6.61 Å². The fourth-order valence-corrected chi connectivity index (χ4v) is 1.89. The van der Waals surface area contributed by atoms with Crippen LogP contribution in [0.2, 0.25) is 0 Å². The molecule has 0 bridgehead atoms. The van der Waals surface area contributed by atoms with Gasteiger partial charge in [-0.1, -0.05) is 79.0 Å². The first-order chi connectivity index (χ1) is 11.7. The van der Waals surface area contributed by atoms with Crippen LogP contribution < -0.4 is 11.1 Å². The van der Waals surface area contributed by atoms with Crippen molar-refractivity contribution in [1.29, 1.82) is 0 Å². The van der Waals surface area contributed by atoms with Gasteiger partial charge in [0.1, 0.15) is 6.61 Å². The van der Waals surface area contributed by atoms with Crippen molar-refractivity contribution in [3.05, 3.63) is 60.2 Å². The van der Waals surface area contributed by atoms with Gasteiger partial charge < -0.3 is 10.5 Å². The van der Waals surface area contributed by atoms with Crippen LogP contribution in [0.1, 0.15) is 25.3 Å². The molecule has 0 unspecified atom stereocenters. The molecule has 0 spiro atoms. The predicted octanol–water partition coefficient (Wildman–Crippen LogP) is 6.00. The summed E-state index contributed by atoms with van der Waals surface area (Å²) in [6.07, 6.45) is -0.651. The Morgan fingerprint density at radius 3 is 2.24 bits per heavy atom. The number of hydrogen-bond donors (Lipinski definition) is 2. The second kappa shape index (κ2) is 10.4. The van der Waals surface area contributed by atoms with Crippen molar-refractivity contribution in [1.82, 2.24) is 0 Å². The van der Waals surface area contributed by atoms with E-state index >= 15 is 0 Å². The van der Waals surface area contributed by atoms with Gasteiger partial charge in [-0.15, -0.1) is 0 Å². The maximum Gasteiger partial charge on any atom is 0.411 e. The molecule has 2 aromatic carbocycles. The smallest absolute Gasteiger partial charge is 0.411 e. The maximum atomic E-state index is 11.4. The predicted molar refractivity (Wildman–Crippen MR) is 107 cm³/mol. The SMILES string of the molecule is CC(C)c1cccc(NC(=O)OCC(Cl)(Cl)Cl)c1.Nc1ccccc1. The highest BCUT2D eigenvalue weighted by molar-refractivity contribution is 6.67. The standard InChI is InChI=1S/C12H14Cl3NO2.C6H7N/c1-8(2)9-4-3-5-10(6-9)16-11(17)18-7-12(13,14)15;7-6-4-2-1-3-5-6/h3-6,8H,7H2,1-2H3,(H,16,17);1-5H,7H2. The van der Waals surface area contributed by atoms with Crippen LogP contribution in [0.5, 0.6) is 0 Å². The lowest BCUT2D eigenvalue weighted by Crippen LogP contribution is -2.21. The van der Waals surface area contributed by atoms with Gasteiger partial charge in [0.2, 0.25) is 3.79 Å². The molecule has 0 atom stereocenters. The third-order valence-electron chi connectivity index (χ3n) is 2.97. The normalized spacial score (nSPS) is 10.6. The summed E-state index contributed by atoms with van der Waals surface area (Å²) in [5.41, 5.74) is 7.95. The Hall–Kier alpha value is -1.62. The number of nitrogen functional groups attached to an aromatic ring is 1. The van der Waals surface area contributed by atoms with E-state index in [0.29, 0.717) is 11.6 Å². The van der Waals surface area contributed by atoms with Crippen LogP contribution >= 0.6 is 34.8 Å². The number of carbonyl (C=O) groups excluding carboxylic acids is 1. The number of amides is 1. The van der Waals surface area contributed by atoms with E-state index in [1.165, 1.54) is 0 Å². The van der Waals surface area contributed by atoms with E-state index < -0.39 is 9.89 Å². The van der Waals surface area contributed by atoms with Crippen LogP contribution in [0.4, 0.5) is 16.2 Å². The number of nitrogens with one attached hydrogen (secondary N) is 1.